The highest BCUT2D eigenvalue weighted by molar-refractivity contribution is 7.90. The molecule has 0 aromatic carbocycles. The van der Waals surface area contributed by atoms with E-state index in [1.54, 1.807) is 11.9 Å². The number of likely N-dealkylation sites (N-methyl/N-ethyl adjacent to an activating group) is 1. The molecule has 1 aliphatic heterocycles. The topological polar surface area (TPSA) is 66.5 Å². The van der Waals surface area contributed by atoms with Gasteiger partial charge in [0.05, 0.1) is 5.75 Å². The SMILES string of the molecule is CN1CCNC(CS(C)(=O)=O)C1=O. The quantitative estimate of drug-likeness (QED) is 0.595. The van der Waals surface area contributed by atoms with Crippen LogP contribution in [0.2, 0.25) is 0 Å². The van der Waals surface area contributed by atoms with Crippen LogP contribution in [-0.4, -0.2) is 57.4 Å². The minimum absolute atomic E-state index is 0.115. The Hall–Kier alpha value is -0.620. The Morgan fingerprint density at radius 3 is 2.77 bits per heavy atom. The number of hydrogen-bond acceptors (Lipinski definition) is 4. The Kier molecular flexibility index (Phi) is 2.92. The molecule has 76 valence electrons. The number of carbonyl (C=O) groups excluding carboxylic acids is 1. The van der Waals surface area contributed by atoms with Gasteiger partial charge >= 0.3 is 0 Å². The Labute approximate surface area is 78.0 Å². The van der Waals surface area contributed by atoms with Crippen molar-refractivity contribution in [1.82, 2.24) is 10.2 Å². The van der Waals surface area contributed by atoms with Gasteiger partial charge in [-0.15, -0.1) is 0 Å². The van der Waals surface area contributed by atoms with E-state index in [-0.39, 0.29) is 11.7 Å². The number of amides is 1. The number of rotatable bonds is 2. The maximum Gasteiger partial charge on any atom is 0.240 e. The largest absolute Gasteiger partial charge is 0.343 e. The summed E-state index contributed by atoms with van der Waals surface area (Å²) in [6, 6.07) is -0.561. The molecule has 5 nitrogen and oxygen atoms in total. The molecule has 1 unspecified atom stereocenters. The van der Waals surface area contributed by atoms with E-state index in [0.717, 1.165) is 6.26 Å². The fourth-order valence-electron chi connectivity index (χ4n) is 1.30. The third-order valence-electron chi connectivity index (χ3n) is 1.98. The zero-order valence-corrected chi connectivity index (χ0v) is 8.60. The molecule has 1 rings (SSSR count). The van der Waals surface area contributed by atoms with Crippen LogP contribution in [0.15, 0.2) is 0 Å². The molecule has 0 spiro atoms. The molecule has 6 heteroatoms. The highest BCUT2D eigenvalue weighted by Gasteiger charge is 2.28. The molecule has 0 aliphatic carbocycles. The highest BCUT2D eigenvalue weighted by atomic mass is 32.2. The van der Waals surface area contributed by atoms with Crippen molar-refractivity contribution in [3.8, 4) is 0 Å². The summed E-state index contributed by atoms with van der Waals surface area (Å²) in [6.45, 7) is 1.29. The van der Waals surface area contributed by atoms with Crippen LogP contribution in [0.25, 0.3) is 0 Å². The van der Waals surface area contributed by atoms with Crippen molar-refractivity contribution in [2.75, 3.05) is 32.1 Å². The second kappa shape index (κ2) is 3.63. The smallest absolute Gasteiger partial charge is 0.240 e. The highest BCUT2D eigenvalue weighted by Crippen LogP contribution is 2.01. The van der Waals surface area contributed by atoms with Crippen molar-refractivity contribution in [3.05, 3.63) is 0 Å². The number of hydrogen-bond donors (Lipinski definition) is 1. The molecule has 0 aromatic heterocycles. The van der Waals surface area contributed by atoms with Gasteiger partial charge in [-0.05, 0) is 0 Å². The fourth-order valence-corrected chi connectivity index (χ4v) is 2.17. The third-order valence-corrected chi connectivity index (χ3v) is 2.92. The lowest BCUT2D eigenvalue weighted by atomic mass is 10.2. The lowest BCUT2D eigenvalue weighted by Crippen LogP contribution is -2.55. The van der Waals surface area contributed by atoms with E-state index in [1.165, 1.54) is 0 Å². The average Bonchev–Trinajstić information content (AvgIpc) is 1.96. The molecule has 1 amide bonds. The summed E-state index contributed by atoms with van der Waals surface area (Å²) in [7, 11) is -1.41. The van der Waals surface area contributed by atoms with Crippen LogP contribution in [-0.2, 0) is 14.6 Å². The Bertz CT molecular complexity index is 299. The fraction of sp³-hybridized carbons (Fsp3) is 0.857. The van der Waals surface area contributed by atoms with Gasteiger partial charge in [0.2, 0.25) is 5.91 Å². The van der Waals surface area contributed by atoms with Crippen LogP contribution >= 0.6 is 0 Å². The molecule has 1 heterocycles. The summed E-state index contributed by atoms with van der Waals surface area (Å²) >= 11 is 0. The zero-order chi connectivity index (χ0) is 10.1. The van der Waals surface area contributed by atoms with Gasteiger partial charge in [0.1, 0.15) is 15.9 Å². The van der Waals surface area contributed by atoms with Gasteiger partial charge in [-0.2, -0.15) is 0 Å². The first-order valence-corrected chi connectivity index (χ1v) is 6.12. The summed E-state index contributed by atoms with van der Waals surface area (Å²) in [5, 5.41) is 2.89. The second-order valence-corrected chi connectivity index (χ2v) is 5.54. The number of piperazine rings is 1. The summed E-state index contributed by atoms with van der Waals surface area (Å²) in [5.41, 5.74) is 0. The van der Waals surface area contributed by atoms with E-state index in [9.17, 15) is 13.2 Å². The van der Waals surface area contributed by atoms with Gasteiger partial charge in [-0.3, -0.25) is 4.79 Å². The maximum atomic E-state index is 11.4. The zero-order valence-electron chi connectivity index (χ0n) is 7.78. The Balaban J connectivity index is 2.65. The van der Waals surface area contributed by atoms with Crippen LogP contribution < -0.4 is 5.32 Å². The van der Waals surface area contributed by atoms with E-state index in [2.05, 4.69) is 5.32 Å². The molecule has 1 N–H and O–H groups in total. The van der Waals surface area contributed by atoms with E-state index in [1.807, 2.05) is 0 Å². The molecule has 0 aromatic rings. The Morgan fingerprint density at radius 1 is 1.62 bits per heavy atom. The summed E-state index contributed by atoms with van der Waals surface area (Å²) in [5.74, 6) is -0.257. The van der Waals surface area contributed by atoms with E-state index >= 15 is 0 Å². The van der Waals surface area contributed by atoms with Crippen molar-refractivity contribution >= 4 is 15.7 Å². The van der Waals surface area contributed by atoms with Crippen molar-refractivity contribution in [2.45, 2.75) is 6.04 Å². The van der Waals surface area contributed by atoms with Crippen LogP contribution in [0.3, 0.4) is 0 Å². The average molecular weight is 206 g/mol. The molecule has 1 fully saturated rings. The number of sulfone groups is 1. The van der Waals surface area contributed by atoms with Crippen molar-refractivity contribution in [1.29, 1.82) is 0 Å². The normalized spacial score (nSPS) is 24.9. The molecule has 1 atom stereocenters. The van der Waals surface area contributed by atoms with Crippen molar-refractivity contribution < 1.29 is 13.2 Å². The number of carbonyl (C=O) groups is 1. The van der Waals surface area contributed by atoms with Gasteiger partial charge in [0, 0.05) is 26.4 Å². The van der Waals surface area contributed by atoms with Gasteiger partial charge in [0.25, 0.3) is 0 Å². The van der Waals surface area contributed by atoms with E-state index in [4.69, 9.17) is 0 Å². The van der Waals surface area contributed by atoms with Crippen LogP contribution in [0.5, 0.6) is 0 Å². The third kappa shape index (κ3) is 2.96. The van der Waals surface area contributed by atoms with Gasteiger partial charge in [-0.25, -0.2) is 8.42 Å². The molecule has 1 saturated heterocycles. The molecule has 0 radical (unpaired) electrons. The standard InChI is InChI=1S/C7H14N2O3S/c1-9-4-3-8-6(7(9)10)5-13(2,11)12/h6,8H,3-5H2,1-2H3. The first kappa shape index (κ1) is 10.5. The van der Waals surface area contributed by atoms with Gasteiger partial charge in [-0.1, -0.05) is 0 Å². The van der Waals surface area contributed by atoms with Gasteiger partial charge in [0.15, 0.2) is 0 Å². The maximum absolute atomic E-state index is 11.4. The molecule has 1 aliphatic rings. The molecule has 0 saturated carbocycles. The molecule has 0 bridgehead atoms. The van der Waals surface area contributed by atoms with E-state index < -0.39 is 15.9 Å². The number of nitrogens with one attached hydrogen (secondary N) is 1. The van der Waals surface area contributed by atoms with Crippen LogP contribution in [0, 0.1) is 0 Å². The lowest BCUT2D eigenvalue weighted by molar-refractivity contribution is -0.133. The molecule has 13 heavy (non-hydrogen) atoms. The Morgan fingerprint density at radius 2 is 2.23 bits per heavy atom. The van der Waals surface area contributed by atoms with Crippen molar-refractivity contribution in [2.24, 2.45) is 0 Å². The minimum Gasteiger partial charge on any atom is -0.343 e. The minimum atomic E-state index is -3.09. The first-order valence-electron chi connectivity index (χ1n) is 4.06. The van der Waals surface area contributed by atoms with E-state index in [0.29, 0.717) is 13.1 Å². The summed E-state index contributed by atoms with van der Waals surface area (Å²) < 4.78 is 21.9. The van der Waals surface area contributed by atoms with Crippen LogP contribution in [0.4, 0.5) is 0 Å². The first-order chi connectivity index (χ1) is 5.90. The molecular formula is C7H14N2O3S. The summed E-state index contributed by atoms with van der Waals surface area (Å²) in [4.78, 5) is 12.9. The predicted octanol–water partition coefficient (Wildman–Crippen LogP) is -1.54. The second-order valence-electron chi connectivity index (χ2n) is 3.36. The summed E-state index contributed by atoms with van der Waals surface area (Å²) in [6.07, 6.45) is 1.14. The monoisotopic (exact) mass is 206 g/mol. The number of nitrogens with zero attached hydrogens (tertiary/aromatic N) is 1. The molecular weight excluding hydrogens is 192 g/mol. The predicted molar refractivity (Wildman–Crippen MR) is 49.1 cm³/mol. The lowest BCUT2D eigenvalue weighted by Gasteiger charge is -2.29. The van der Waals surface area contributed by atoms with Crippen LogP contribution in [0.1, 0.15) is 0 Å². The van der Waals surface area contributed by atoms with Crippen molar-refractivity contribution in [3.63, 3.8) is 0 Å². The van der Waals surface area contributed by atoms with Gasteiger partial charge < -0.3 is 10.2 Å².